The standard InChI is InChI=1S/C20H19FN2O4/c21-14-3-1-13(2-4-14)9-19(24)22-15-10-20(25)23(12-15)16-5-6-17-18(11-16)27-8-7-26-17/h1-6,11,15H,7-10,12H2,(H,22,24)/t15-/m0/s1. The summed E-state index contributed by atoms with van der Waals surface area (Å²) in [6, 6.07) is 10.9. The van der Waals surface area contributed by atoms with Gasteiger partial charge in [-0.25, -0.2) is 4.39 Å². The molecule has 1 fully saturated rings. The van der Waals surface area contributed by atoms with E-state index in [0.29, 0.717) is 31.3 Å². The van der Waals surface area contributed by atoms with Crippen LogP contribution in [0.3, 0.4) is 0 Å². The Morgan fingerprint density at radius 1 is 1.11 bits per heavy atom. The number of halogens is 1. The normalized spacial score (nSPS) is 18.5. The Morgan fingerprint density at radius 2 is 1.85 bits per heavy atom. The molecule has 2 aliphatic heterocycles. The van der Waals surface area contributed by atoms with Gasteiger partial charge < -0.3 is 19.7 Å². The van der Waals surface area contributed by atoms with Crippen molar-refractivity contribution in [3.05, 3.63) is 53.8 Å². The van der Waals surface area contributed by atoms with E-state index in [0.717, 1.165) is 11.3 Å². The third kappa shape index (κ3) is 3.86. The summed E-state index contributed by atoms with van der Waals surface area (Å²) < 4.78 is 24.0. The summed E-state index contributed by atoms with van der Waals surface area (Å²) in [5.74, 6) is 0.703. The highest BCUT2D eigenvalue weighted by atomic mass is 19.1. The molecule has 1 saturated heterocycles. The van der Waals surface area contributed by atoms with E-state index < -0.39 is 0 Å². The number of benzene rings is 2. The Labute approximate surface area is 155 Å². The highest BCUT2D eigenvalue weighted by Crippen LogP contribution is 2.35. The lowest BCUT2D eigenvalue weighted by Gasteiger charge is -2.22. The van der Waals surface area contributed by atoms with Gasteiger partial charge in [-0.3, -0.25) is 9.59 Å². The molecule has 0 saturated carbocycles. The van der Waals surface area contributed by atoms with Crippen LogP contribution < -0.4 is 19.7 Å². The van der Waals surface area contributed by atoms with Crippen molar-refractivity contribution in [3.63, 3.8) is 0 Å². The largest absolute Gasteiger partial charge is 0.486 e. The maximum atomic E-state index is 12.9. The molecule has 0 spiro atoms. The smallest absolute Gasteiger partial charge is 0.229 e. The van der Waals surface area contributed by atoms with Crippen LogP contribution in [-0.2, 0) is 16.0 Å². The molecule has 2 heterocycles. The number of anilines is 1. The summed E-state index contributed by atoms with van der Waals surface area (Å²) in [6.07, 6.45) is 0.387. The number of carbonyl (C=O) groups excluding carboxylic acids is 2. The molecule has 1 atom stereocenters. The predicted molar refractivity (Wildman–Crippen MR) is 96.4 cm³/mol. The van der Waals surface area contributed by atoms with Crippen LogP contribution in [0.25, 0.3) is 0 Å². The van der Waals surface area contributed by atoms with Crippen molar-refractivity contribution in [2.45, 2.75) is 18.9 Å². The first-order chi connectivity index (χ1) is 13.1. The molecule has 7 heteroatoms. The number of amides is 2. The topological polar surface area (TPSA) is 67.9 Å². The van der Waals surface area contributed by atoms with E-state index in [1.807, 2.05) is 6.07 Å². The number of ether oxygens (including phenoxy) is 2. The summed E-state index contributed by atoms with van der Waals surface area (Å²) in [7, 11) is 0. The van der Waals surface area contributed by atoms with Gasteiger partial charge in [0.25, 0.3) is 0 Å². The quantitative estimate of drug-likeness (QED) is 0.895. The van der Waals surface area contributed by atoms with Gasteiger partial charge in [-0.1, -0.05) is 12.1 Å². The Bertz CT molecular complexity index is 869. The van der Waals surface area contributed by atoms with E-state index >= 15 is 0 Å². The SMILES string of the molecule is O=C(Cc1ccc(F)cc1)N[C@H]1CC(=O)N(c2ccc3c(c2)OCCO3)C1. The molecular formula is C20H19FN2O4. The minimum atomic E-state index is -0.337. The van der Waals surface area contributed by atoms with Crippen molar-refractivity contribution in [1.82, 2.24) is 5.32 Å². The van der Waals surface area contributed by atoms with E-state index in [-0.39, 0.29) is 36.5 Å². The Morgan fingerprint density at radius 3 is 2.63 bits per heavy atom. The molecule has 1 N–H and O–H groups in total. The fourth-order valence-corrected chi connectivity index (χ4v) is 3.32. The second kappa shape index (κ2) is 7.26. The first-order valence-corrected chi connectivity index (χ1v) is 8.82. The van der Waals surface area contributed by atoms with Crippen molar-refractivity contribution >= 4 is 17.5 Å². The van der Waals surface area contributed by atoms with Crippen molar-refractivity contribution in [2.75, 3.05) is 24.7 Å². The molecule has 2 aromatic rings. The third-order valence-electron chi connectivity index (χ3n) is 4.61. The molecule has 0 bridgehead atoms. The molecule has 140 valence electrons. The molecule has 0 aromatic heterocycles. The van der Waals surface area contributed by atoms with Gasteiger partial charge in [-0.2, -0.15) is 0 Å². The van der Waals surface area contributed by atoms with Crippen LogP contribution in [0.1, 0.15) is 12.0 Å². The van der Waals surface area contributed by atoms with Gasteiger partial charge in [0.15, 0.2) is 11.5 Å². The average molecular weight is 370 g/mol. The minimum Gasteiger partial charge on any atom is -0.486 e. The highest BCUT2D eigenvalue weighted by Gasteiger charge is 2.32. The zero-order valence-corrected chi connectivity index (χ0v) is 14.6. The molecule has 2 aromatic carbocycles. The second-order valence-corrected chi connectivity index (χ2v) is 6.60. The summed E-state index contributed by atoms with van der Waals surface area (Å²) in [5, 5.41) is 2.88. The minimum absolute atomic E-state index is 0.0567. The van der Waals surface area contributed by atoms with Crippen molar-refractivity contribution < 1.29 is 23.5 Å². The number of carbonyl (C=O) groups is 2. The summed E-state index contributed by atoms with van der Waals surface area (Å²) in [5.41, 5.74) is 1.45. The van der Waals surface area contributed by atoms with Crippen LogP contribution in [0.5, 0.6) is 11.5 Å². The van der Waals surface area contributed by atoms with Crippen molar-refractivity contribution in [2.24, 2.45) is 0 Å². The number of nitrogens with one attached hydrogen (secondary N) is 1. The zero-order chi connectivity index (χ0) is 18.8. The lowest BCUT2D eigenvalue weighted by atomic mass is 10.1. The van der Waals surface area contributed by atoms with Crippen LogP contribution in [0.15, 0.2) is 42.5 Å². The number of fused-ring (bicyclic) bond motifs is 1. The van der Waals surface area contributed by atoms with Crippen LogP contribution in [0.4, 0.5) is 10.1 Å². The average Bonchev–Trinajstić information content (AvgIpc) is 3.03. The molecule has 4 rings (SSSR count). The maximum Gasteiger partial charge on any atom is 0.229 e. The lowest BCUT2D eigenvalue weighted by molar-refractivity contribution is -0.121. The van der Waals surface area contributed by atoms with Crippen molar-refractivity contribution in [1.29, 1.82) is 0 Å². The van der Waals surface area contributed by atoms with Gasteiger partial charge >= 0.3 is 0 Å². The molecule has 0 unspecified atom stereocenters. The van der Waals surface area contributed by atoms with Gasteiger partial charge in [-0.05, 0) is 29.8 Å². The van der Waals surface area contributed by atoms with Gasteiger partial charge in [0.05, 0.1) is 12.5 Å². The monoisotopic (exact) mass is 370 g/mol. The predicted octanol–water partition coefficient (Wildman–Crippen LogP) is 2.06. The second-order valence-electron chi connectivity index (χ2n) is 6.60. The fraction of sp³-hybridized carbons (Fsp3) is 0.300. The van der Waals surface area contributed by atoms with E-state index in [1.54, 1.807) is 29.2 Å². The Kier molecular flexibility index (Phi) is 4.66. The van der Waals surface area contributed by atoms with Gasteiger partial charge in [0, 0.05) is 24.7 Å². The van der Waals surface area contributed by atoms with Gasteiger partial charge in [-0.15, -0.1) is 0 Å². The molecular weight excluding hydrogens is 351 g/mol. The molecule has 6 nitrogen and oxygen atoms in total. The summed E-state index contributed by atoms with van der Waals surface area (Å²) in [4.78, 5) is 26.3. The number of hydrogen-bond donors (Lipinski definition) is 1. The molecule has 2 amide bonds. The Hall–Kier alpha value is -3.09. The van der Waals surface area contributed by atoms with Crippen LogP contribution >= 0.6 is 0 Å². The van der Waals surface area contributed by atoms with Crippen LogP contribution in [0.2, 0.25) is 0 Å². The molecule has 2 aliphatic rings. The first-order valence-electron chi connectivity index (χ1n) is 8.82. The fourth-order valence-electron chi connectivity index (χ4n) is 3.32. The number of hydrogen-bond acceptors (Lipinski definition) is 4. The van der Waals surface area contributed by atoms with Gasteiger partial charge in [0.2, 0.25) is 11.8 Å². The Balaban J connectivity index is 1.38. The van der Waals surface area contributed by atoms with Crippen molar-refractivity contribution in [3.8, 4) is 11.5 Å². The van der Waals surface area contributed by atoms with E-state index in [1.165, 1.54) is 12.1 Å². The maximum absolute atomic E-state index is 12.9. The molecule has 0 aliphatic carbocycles. The summed E-state index contributed by atoms with van der Waals surface area (Å²) in [6.45, 7) is 1.39. The van der Waals surface area contributed by atoms with E-state index in [9.17, 15) is 14.0 Å². The van der Waals surface area contributed by atoms with Crippen LogP contribution in [-0.4, -0.2) is 37.6 Å². The first kappa shape index (κ1) is 17.3. The van der Waals surface area contributed by atoms with Crippen LogP contribution in [0, 0.1) is 5.82 Å². The lowest BCUT2D eigenvalue weighted by Crippen LogP contribution is -2.38. The number of rotatable bonds is 4. The van der Waals surface area contributed by atoms with E-state index in [4.69, 9.17) is 9.47 Å². The highest BCUT2D eigenvalue weighted by molar-refractivity contribution is 5.97. The summed E-state index contributed by atoms with van der Waals surface area (Å²) >= 11 is 0. The van der Waals surface area contributed by atoms with E-state index in [2.05, 4.69) is 5.32 Å². The molecule has 27 heavy (non-hydrogen) atoms. The number of nitrogens with zero attached hydrogens (tertiary/aromatic N) is 1. The molecule has 0 radical (unpaired) electrons. The third-order valence-corrected chi connectivity index (χ3v) is 4.61. The zero-order valence-electron chi connectivity index (χ0n) is 14.6. The van der Waals surface area contributed by atoms with Gasteiger partial charge in [0.1, 0.15) is 19.0 Å².